The van der Waals surface area contributed by atoms with Gasteiger partial charge in [-0.2, -0.15) is 0 Å². The molecule has 3 nitrogen and oxygen atoms in total. The van der Waals surface area contributed by atoms with Gasteiger partial charge in [-0.15, -0.1) is 0 Å². The van der Waals surface area contributed by atoms with Crippen LogP contribution in [0.1, 0.15) is 70.2 Å². The topological polar surface area (TPSA) is 48.9 Å². The van der Waals surface area contributed by atoms with Crippen molar-refractivity contribution in [3.8, 4) is 0 Å². The maximum absolute atomic E-state index is 9.76. The summed E-state index contributed by atoms with van der Waals surface area (Å²) in [5.74, 6) is 0.700. The first-order valence-electron chi connectivity index (χ1n) is 6.52. The zero-order valence-electron chi connectivity index (χ0n) is 10.3. The van der Waals surface area contributed by atoms with Crippen LogP contribution in [0.2, 0.25) is 0 Å². The van der Waals surface area contributed by atoms with E-state index in [4.69, 9.17) is 0 Å². The van der Waals surface area contributed by atoms with Gasteiger partial charge in [0.15, 0.2) is 0 Å². The highest BCUT2D eigenvalue weighted by atomic mass is 16.3. The Morgan fingerprint density at radius 3 is 2.50 bits per heavy atom. The van der Waals surface area contributed by atoms with Gasteiger partial charge in [0.2, 0.25) is 0 Å². The van der Waals surface area contributed by atoms with Crippen LogP contribution in [0.25, 0.3) is 0 Å². The largest absolute Gasteiger partial charge is 0.385 e. The fraction of sp³-hybridized carbons (Fsp3) is 0.769. The standard InChI is InChI=1S/C13H24N2O/c1-2-3-4-5-6-7-8-9-12(16)13-14-10-11-15-13/h10-12,16H,2-9H2,1H3,(H,14,15). The van der Waals surface area contributed by atoms with Crippen LogP contribution in [-0.4, -0.2) is 15.1 Å². The minimum Gasteiger partial charge on any atom is -0.385 e. The lowest BCUT2D eigenvalue weighted by Gasteiger charge is -2.07. The average molecular weight is 224 g/mol. The number of unbranched alkanes of at least 4 members (excludes halogenated alkanes) is 6. The summed E-state index contributed by atoms with van der Waals surface area (Å²) in [5, 5.41) is 9.76. The van der Waals surface area contributed by atoms with Gasteiger partial charge in [-0.3, -0.25) is 0 Å². The molecule has 0 amide bonds. The van der Waals surface area contributed by atoms with Gasteiger partial charge < -0.3 is 10.1 Å². The minimum atomic E-state index is -0.411. The molecule has 16 heavy (non-hydrogen) atoms. The molecule has 0 aliphatic heterocycles. The summed E-state index contributed by atoms with van der Waals surface area (Å²) in [6, 6.07) is 0. The van der Waals surface area contributed by atoms with Crippen LogP contribution in [0.5, 0.6) is 0 Å². The van der Waals surface area contributed by atoms with Crippen molar-refractivity contribution in [3.63, 3.8) is 0 Å². The molecule has 2 N–H and O–H groups in total. The van der Waals surface area contributed by atoms with E-state index in [0.29, 0.717) is 5.82 Å². The predicted octanol–water partition coefficient (Wildman–Crippen LogP) is 3.58. The Balaban J connectivity index is 1.95. The molecule has 1 atom stereocenters. The van der Waals surface area contributed by atoms with Gasteiger partial charge in [0.1, 0.15) is 11.9 Å². The summed E-state index contributed by atoms with van der Waals surface area (Å²) in [6.07, 6.45) is 12.8. The predicted molar refractivity (Wildman–Crippen MR) is 66.2 cm³/mol. The number of H-pyrrole nitrogens is 1. The minimum absolute atomic E-state index is 0.411. The Kier molecular flexibility index (Phi) is 6.90. The zero-order valence-corrected chi connectivity index (χ0v) is 10.3. The number of nitrogens with one attached hydrogen (secondary N) is 1. The molecule has 0 saturated heterocycles. The number of hydrogen-bond acceptors (Lipinski definition) is 2. The van der Waals surface area contributed by atoms with E-state index in [0.717, 1.165) is 12.8 Å². The summed E-state index contributed by atoms with van der Waals surface area (Å²) < 4.78 is 0. The van der Waals surface area contributed by atoms with E-state index in [1.165, 1.54) is 38.5 Å². The van der Waals surface area contributed by atoms with E-state index in [2.05, 4.69) is 16.9 Å². The maximum atomic E-state index is 9.76. The summed E-state index contributed by atoms with van der Waals surface area (Å²) in [4.78, 5) is 6.99. The molecular formula is C13H24N2O. The lowest BCUT2D eigenvalue weighted by molar-refractivity contribution is 0.154. The van der Waals surface area contributed by atoms with Gasteiger partial charge in [0.05, 0.1) is 0 Å². The van der Waals surface area contributed by atoms with Crippen LogP contribution < -0.4 is 0 Å². The molecule has 0 fully saturated rings. The highest BCUT2D eigenvalue weighted by Crippen LogP contribution is 2.16. The molecule has 0 aliphatic rings. The van der Waals surface area contributed by atoms with E-state index >= 15 is 0 Å². The number of aliphatic hydroxyl groups is 1. The van der Waals surface area contributed by atoms with E-state index in [9.17, 15) is 5.11 Å². The van der Waals surface area contributed by atoms with Gasteiger partial charge in [0, 0.05) is 12.4 Å². The maximum Gasteiger partial charge on any atom is 0.134 e. The van der Waals surface area contributed by atoms with Crippen LogP contribution in [0.15, 0.2) is 12.4 Å². The van der Waals surface area contributed by atoms with Crippen molar-refractivity contribution < 1.29 is 5.11 Å². The van der Waals surface area contributed by atoms with Crippen LogP contribution in [-0.2, 0) is 0 Å². The quantitative estimate of drug-likeness (QED) is 0.630. The molecule has 0 radical (unpaired) electrons. The molecule has 1 aromatic heterocycles. The van der Waals surface area contributed by atoms with Crippen molar-refractivity contribution in [2.75, 3.05) is 0 Å². The van der Waals surface area contributed by atoms with E-state index in [-0.39, 0.29) is 0 Å². The third-order valence-corrected chi connectivity index (χ3v) is 2.92. The van der Waals surface area contributed by atoms with Gasteiger partial charge in [0.25, 0.3) is 0 Å². The second-order valence-electron chi connectivity index (χ2n) is 4.40. The highest BCUT2D eigenvalue weighted by Gasteiger charge is 2.08. The Hall–Kier alpha value is -0.830. The first-order chi connectivity index (χ1) is 7.84. The average Bonchev–Trinajstić information content (AvgIpc) is 2.81. The monoisotopic (exact) mass is 224 g/mol. The summed E-state index contributed by atoms with van der Waals surface area (Å²) in [6.45, 7) is 2.24. The first-order valence-corrected chi connectivity index (χ1v) is 6.52. The molecule has 0 aliphatic carbocycles. The molecule has 0 saturated carbocycles. The number of aromatic nitrogens is 2. The molecular weight excluding hydrogens is 200 g/mol. The van der Waals surface area contributed by atoms with Crippen molar-refractivity contribution in [1.29, 1.82) is 0 Å². The number of rotatable bonds is 9. The van der Waals surface area contributed by atoms with Crippen molar-refractivity contribution in [3.05, 3.63) is 18.2 Å². The molecule has 0 aromatic carbocycles. The summed E-state index contributed by atoms with van der Waals surface area (Å²) in [7, 11) is 0. The lowest BCUT2D eigenvalue weighted by Crippen LogP contribution is -1.99. The fourth-order valence-corrected chi connectivity index (χ4v) is 1.89. The second-order valence-corrected chi connectivity index (χ2v) is 4.40. The highest BCUT2D eigenvalue weighted by molar-refractivity contribution is 4.91. The van der Waals surface area contributed by atoms with Gasteiger partial charge in [-0.05, 0) is 6.42 Å². The molecule has 1 unspecified atom stereocenters. The lowest BCUT2D eigenvalue weighted by atomic mass is 10.1. The van der Waals surface area contributed by atoms with Crippen molar-refractivity contribution >= 4 is 0 Å². The van der Waals surface area contributed by atoms with E-state index < -0.39 is 6.10 Å². The summed E-state index contributed by atoms with van der Waals surface area (Å²) >= 11 is 0. The molecule has 92 valence electrons. The summed E-state index contributed by atoms with van der Waals surface area (Å²) in [5.41, 5.74) is 0. The van der Waals surface area contributed by atoms with Gasteiger partial charge in [-0.25, -0.2) is 4.98 Å². The van der Waals surface area contributed by atoms with Crippen molar-refractivity contribution in [2.45, 2.75) is 64.4 Å². The normalized spacial score (nSPS) is 12.9. The number of imidazole rings is 1. The van der Waals surface area contributed by atoms with Crippen LogP contribution >= 0.6 is 0 Å². The van der Waals surface area contributed by atoms with Crippen LogP contribution in [0.3, 0.4) is 0 Å². The first kappa shape index (κ1) is 13.2. The molecule has 3 heteroatoms. The van der Waals surface area contributed by atoms with Crippen molar-refractivity contribution in [2.24, 2.45) is 0 Å². The third-order valence-electron chi connectivity index (χ3n) is 2.92. The SMILES string of the molecule is CCCCCCCCCC(O)c1ncc[nH]1. The molecule has 1 aromatic rings. The molecule has 0 bridgehead atoms. The van der Waals surface area contributed by atoms with E-state index in [1.54, 1.807) is 12.4 Å². The molecule has 0 spiro atoms. The Morgan fingerprint density at radius 1 is 1.19 bits per heavy atom. The Labute approximate surface area is 98.3 Å². The Morgan fingerprint density at radius 2 is 1.88 bits per heavy atom. The zero-order chi connectivity index (χ0) is 11.6. The van der Waals surface area contributed by atoms with Gasteiger partial charge in [-0.1, -0.05) is 51.9 Å². The number of hydrogen-bond donors (Lipinski definition) is 2. The van der Waals surface area contributed by atoms with Crippen LogP contribution in [0, 0.1) is 0 Å². The Bertz CT molecular complexity index is 246. The molecule has 1 heterocycles. The number of aromatic amines is 1. The molecule has 1 rings (SSSR count). The van der Waals surface area contributed by atoms with Crippen LogP contribution in [0.4, 0.5) is 0 Å². The fourth-order valence-electron chi connectivity index (χ4n) is 1.89. The smallest absolute Gasteiger partial charge is 0.134 e. The van der Waals surface area contributed by atoms with Crippen molar-refractivity contribution in [1.82, 2.24) is 9.97 Å². The van der Waals surface area contributed by atoms with E-state index in [1.807, 2.05) is 0 Å². The third kappa shape index (κ3) is 5.31. The second kappa shape index (κ2) is 8.34. The number of aliphatic hydroxyl groups excluding tert-OH is 1. The number of nitrogens with zero attached hydrogens (tertiary/aromatic N) is 1. The van der Waals surface area contributed by atoms with Gasteiger partial charge >= 0.3 is 0 Å².